The Morgan fingerprint density at radius 1 is 1.15 bits per heavy atom. The van der Waals surface area contributed by atoms with E-state index in [-0.39, 0.29) is 42.2 Å². The van der Waals surface area contributed by atoms with Crippen LogP contribution in [0.1, 0.15) is 62.5 Å². The zero-order valence-corrected chi connectivity index (χ0v) is 23.7. The first-order chi connectivity index (χ1) is 19.0. The molecule has 0 radical (unpaired) electrons. The second kappa shape index (κ2) is 9.94. The first-order valence-electron chi connectivity index (χ1n) is 13.3. The number of nitrogens with zero attached hydrogens (tertiary/aromatic N) is 5. The topological polar surface area (TPSA) is 91.0 Å². The molecule has 1 aliphatic heterocycles. The Bertz CT molecular complexity index is 1530. The molecule has 1 saturated heterocycles. The number of rotatable bonds is 4. The fraction of sp³-hybridized carbons (Fsp3) is 0.500. The SMILES string of the molecule is CC(C)c1cc(-c2ccc(F)c(Cl)c2)nn2cc(C(=O)N3CCN(C(=O)C4CC(O)(C(F)(F)F)C4)CC3(C)C)nc12. The molecule has 0 unspecified atom stereocenters. The summed E-state index contributed by atoms with van der Waals surface area (Å²) in [5.41, 5.74) is -1.07. The summed E-state index contributed by atoms with van der Waals surface area (Å²) < 4.78 is 54.3. The third kappa shape index (κ3) is 5.16. The van der Waals surface area contributed by atoms with Crippen molar-refractivity contribution < 1.29 is 32.3 Å². The highest BCUT2D eigenvalue weighted by Crippen LogP contribution is 2.49. The van der Waals surface area contributed by atoms with Crippen LogP contribution in [-0.2, 0) is 4.79 Å². The van der Waals surface area contributed by atoms with E-state index in [0.717, 1.165) is 5.56 Å². The van der Waals surface area contributed by atoms with Gasteiger partial charge in [0.25, 0.3) is 5.91 Å². The van der Waals surface area contributed by atoms with Gasteiger partial charge in [0.2, 0.25) is 5.91 Å². The van der Waals surface area contributed by atoms with Gasteiger partial charge in [-0.05, 0) is 56.9 Å². The minimum atomic E-state index is -4.78. The van der Waals surface area contributed by atoms with E-state index in [1.165, 1.54) is 27.7 Å². The van der Waals surface area contributed by atoms with Crippen molar-refractivity contribution in [3.05, 3.63) is 52.6 Å². The maximum Gasteiger partial charge on any atom is 0.417 e. The number of hydrogen-bond acceptors (Lipinski definition) is 5. The van der Waals surface area contributed by atoms with Gasteiger partial charge in [-0.2, -0.15) is 18.3 Å². The van der Waals surface area contributed by atoms with Crippen LogP contribution in [0, 0.1) is 11.7 Å². The molecule has 41 heavy (non-hydrogen) atoms. The average Bonchev–Trinajstić information content (AvgIpc) is 3.30. The van der Waals surface area contributed by atoms with Crippen molar-refractivity contribution in [2.75, 3.05) is 19.6 Å². The van der Waals surface area contributed by atoms with Crippen LogP contribution in [0.3, 0.4) is 0 Å². The van der Waals surface area contributed by atoms with Crippen molar-refractivity contribution in [2.24, 2.45) is 5.92 Å². The van der Waals surface area contributed by atoms with Crippen molar-refractivity contribution in [1.29, 1.82) is 0 Å². The van der Waals surface area contributed by atoms with Gasteiger partial charge in [-0.1, -0.05) is 25.4 Å². The fourth-order valence-electron chi connectivity index (χ4n) is 5.60. The van der Waals surface area contributed by atoms with Crippen LogP contribution in [0.5, 0.6) is 0 Å². The van der Waals surface area contributed by atoms with E-state index in [1.54, 1.807) is 24.8 Å². The third-order valence-corrected chi connectivity index (χ3v) is 8.30. The molecule has 8 nitrogen and oxygen atoms in total. The van der Waals surface area contributed by atoms with Gasteiger partial charge in [-0.15, -0.1) is 0 Å². The van der Waals surface area contributed by atoms with Crippen LogP contribution >= 0.6 is 11.6 Å². The molecular formula is C28H30ClF4N5O3. The van der Waals surface area contributed by atoms with E-state index in [0.29, 0.717) is 16.9 Å². The van der Waals surface area contributed by atoms with Crippen LogP contribution in [-0.4, -0.2) is 78.3 Å². The standard InChI is InChI=1S/C28H30ClF4N5O3/c1-15(2)18-10-21(16-5-6-20(30)19(29)9-16)35-38-13-22(34-23(18)38)25(40)37-8-7-36(14-26(37,3)4)24(39)17-11-27(41,12-17)28(31,32)33/h5-6,9-10,13,15,17,41H,7-8,11-12,14H2,1-4H3. The molecule has 220 valence electrons. The number of aromatic nitrogens is 3. The Balaban J connectivity index is 1.37. The molecule has 5 rings (SSSR count). The minimum absolute atomic E-state index is 0.0213. The molecule has 3 heterocycles. The van der Waals surface area contributed by atoms with Crippen molar-refractivity contribution >= 4 is 29.1 Å². The van der Waals surface area contributed by atoms with Gasteiger partial charge >= 0.3 is 6.18 Å². The number of benzene rings is 1. The Morgan fingerprint density at radius 2 is 1.83 bits per heavy atom. The van der Waals surface area contributed by atoms with Gasteiger partial charge in [-0.25, -0.2) is 13.9 Å². The zero-order chi connectivity index (χ0) is 30.1. The number of amides is 2. The predicted molar refractivity (Wildman–Crippen MR) is 143 cm³/mol. The molecular weight excluding hydrogens is 566 g/mol. The molecule has 3 aromatic rings. The largest absolute Gasteiger partial charge is 0.417 e. The summed E-state index contributed by atoms with van der Waals surface area (Å²) in [5, 5.41) is 14.3. The number of imidazole rings is 1. The van der Waals surface area contributed by atoms with Crippen molar-refractivity contribution in [1.82, 2.24) is 24.4 Å². The zero-order valence-electron chi connectivity index (χ0n) is 23.0. The van der Waals surface area contributed by atoms with Crippen molar-refractivity contribution in [2.45, 2.75) is 63.8 Å². The van der Waals surface area contributed by atoms with Crippen LogP contribution in [0.15, 0.2) is 30.5 Å². The lowest BCUT2D eigenvalue weighted by Crippen LogP contribution is -2.65. The molecule has 2 aliphatic rings. The molecule has 1 aliphatic carbocycles. The normalized spacial score (nSPS) is 22.8. The predicted octanol–water partition coefficient (Wildman–Crippen LogP) is 5.08. The van der Waals surface area contributed by atoms with Gasteiger partial charge in [0.05, 0.1) is 22.5 Å². The molecule has 0 atom stereocenters. The molecule has 13 heteroatoms. The van der Waals surface area contributed by atoms with Gasteiger partial charge in [0, 0.05) is 36.7 Å². The Kier molecular flexibility index (Phi) is 7.09. The number of fused-ring (bicyclic) bond motifs is 1. The molecule has 2 aromatic heterocycles. The monoisotopic (exact) mass is 595 g/mol. The van der Waals surface area contributed by atoms with Crippen molar-refractivity contribution in [3.8, 4) is 11.3 Å². The molecule has 2 amide bonds. The Morgan fingerprint density at radius 3 is 2.41 bits per heavy atom. The molecule has 1 aromatic carbocycles. The highest BCUT2D eigenvalue weighted by Gasteiger charge is 2.63. The first kappa shape index (κ1) is 29.2. The number of alkyl halides is 3. The lowest BCUT2D eigenvalue weighted by Gasteiger charge is -2.50. The number of aliphatic hydroxyl groups is 1. The highest BCUT2D eigenvalue weighted by molar-refractivity contribution is 6.31. The summed E-state index contributed by atoms with van der Waals surface area (Å²) in [6, 6.07) is 6.14. The fourth-order valence-corrected chi connectivity index (χ4v) is 5.78. The van der Waals surface area contributed by atoms with Crippen LogP contribution in [0.4, 0.5) is 17.6 Å². The lowest BCUT2D eigenvalue weighted by atomic mass is 9.69. The molecule has 2 fully saturated rings. The summed E-state index contributed by atoms with van der Waals surface area (Å²) >= 11 is 5.98. The van der Waals surface area contributed by atoms with E-state index in [2.05, 4.69) is 10.1 Å². The maximum atomic E-state index is 13.7. The molecule has 1 saturated carbocycles. The minimum Gasteiger partial charge on any atom is -0.380 e. The first-order valence-corrected chi connectivity index (χ1v) is 13.6. The average molecular weight is 596 g/mol. The molecule has 1 N–H and O–H groups in total. The highest BCUT2D eigenvalue weighted by atomic mass is 35.5. The molecule has 0 spiro atoms. The maximum absolute atomic E-state index is 13.7. The number of halogens is 5. The van der Waals surface area contributed by atoms with Crippen molar-refractivity contribution in [3.63, 3.8) is 0 Å². The van der Waals surface area contributed by atoms with Crippen LogP contribution in [0.25, 0.3) is 16.9 Å². The van der Waals surface area contributed by atoms with Gasteiger partial charge in [0.15, 0.2) is 11.2 Å². The van der Waals surface area contributed by atoms with E-state index < -0.39 is 47.8 Å². The van der Waals surface area contributed by atoms with Gasteiger partial charge < -0.3 is 14.9 Å². The van der Waals surface area contributed by atoms with Crippen LogP contribution < -0.4 is 0 Å². The summed E-state index contributed by atoms with van der Waals surface area (Å²) in [4.78, 5) is 34.3. The summed E-state index contributed by atoms with van der Waals surface area (Å²) in [5.74, 6) is -2.26. The van der Waals surface area contributed by atoms with E-state index >= 15 is 0 Å². The van der Waals surface area contributed by atoms with E-state index in [9.17, 15) is 32.3 Å². The summed E-state index contributed by atoms with van der Waals surface area (Å²) in [7, 11) is 0. The smallest absolute Gasteiger partial charge is 0.380 e. The third-order valence-electron chi connectivity index (χ3n) is 8.01. The number of hydrogen-bond donors (Lipinski definition) is 1. The number of carbonyl (C=O) groups excluding carboxylic acids is 2. The van der Waals surface area contributed by atoms with Gasteiger partial charge in [-0.3, -0.25) is 9.59 Å². The Hall–Kier alpha value is -3.25. The molecule has 0 bridgehead atoms. The second-order valence-electron chi connectivity index (χ2n) is 11.8. The number of piperazine rings is 1. The summed E-state index contributed by atoms with van der Waals surface area (Å²) in [6.07, 6.45) is -4.57. The van der Waals surface area contributed by atoms with E-state index in [4.69, 9.17) is 11.6 Å². The quantitative estimate of drug-likeness (QED) is 0.425. The second-order valence-corrected chi connectivity index (χ2v) is 12.2. The summed E-state index contributed by atoms with van der Waals surface area (Å²) in [6.45, 7) is 7.94. The number of carbonyl (C=O) groups is 2. The Labute approximate surface area is 238 Å². The van der Waals surface area contributed by atoms with Crippen LogP contribution in [0.2, 0.25) is 5.02 Å². The van der Waals surface area contributed by atoms with E-state index in [1.807, 2.05) is 19.9 Å². The van der Waals surface area contributed by atoms with Gasteiger partial charge in [0.1, 0.15) is 11.5 Å². The lowest BCUT2D eigenvalue weighted by molar-refractivity contribution is -0.297.